The standard InChI is InChI=1S/C10H22N2OS/c1-10(2,3)11-8-9(13)12(4)6-7-14-5/h11H,6-8H2,1-5H3. The van der Waals surface area contributed by atoms with Gasteiger partial charge in [-0.25, -0.2) is 0 Å². The van der Waals surface area contributed by atoms with E-state index in [0.717, 1.165) is 12.3 Å². The molecule has 0 radical (unpaired) electrons. The Morgan fingerprint density at radius 1 is 1.43 bits per heavy atom. The number of carbonyl (C=O) groups is 1. The van der Waals surface area contributed by atoms with Crippen LogP contribution in [0.15, 0.2) is 0 Å². The van der Waals surface area contributed by atoms with Crippen LogP contribution in [0.3, 0.4) is 0 Å². The minimum absolute atomic E-state index is 0.00993. The van der Waals surface area contributed by atoms with Gasteiger partial charge in [0.25, 0.3) is 0 Å². The van der Waals surface area contributed by atoms with Gasteiger partial charge in [-0.2, -0.15) is 11.8 Å². The summed E-state index contributed by atoms with van der Waals surface area (Å²) in [6, 6.07) is 0. The van der Waals surface area contributed by atoms with Gasteiger partial charge in [0.1, 0.15) is 0 Å². The number of hydrogen-bond donors (Lipinski definition) is 1. The highest BCUT2D eigenvalue weighted by atomic mass is 32.2. The molecule has 0 aliphatic rings. The number of rotatable bonds is 5. The van der Waals surface area contributed by atoms with Crippen LogP contribution in [-0.4, -0.2) is 48.5 Å². The first kappa shape index (κ1) is 13.8. The van der Waals surface area contributed by atoms with Crippen LogP contribution in [-0.2, 0) is 4.79 Å². The SMILES string of the molecule is CSCCN(C)C(=O)CNC(C)(C)C. The fraction of sp³-hybridized carbons (Fsp3) is 0.900. The molecule has 0 aromatic heterocycles. The van der Waals surface area contributed by atoms with Crippen molar-refractivity contribution < 1.29 is 4.79 Å². The highest BCUT2D eigenvalue weighted by molar-refractivity contribution is 7.98. The maximum atomic E-state index is 11.5. The van der Waals surface area contributed by atoms with E-state index < -0.39 is 0 Å². The van der Waals surface area contributed by atoms with Crippen molar-refractivity contribution in [1.82, 2.24) is 10.2 Å². The Hall–Kier alpha value is -0.220. The van der Waals surface area contributed by atoms with Gasteiger partial charge >= 0.3 is 0 Å². The molecule has 0 aromatic rings. The van der Waals surface area contributed by atoms with E-state index >= 15 is 0 Å². The number of carbonyl (C=O) groups excluding carboxylic acids is 1. The lowest BCUT2D eigenvalue weighted by atomic mass is 10.1. The van der Waals surface area contributed by atoms with Crippen LogP contribution in [0.1, 0.15) is 20.8 Å². The summed E-state index contributed by atoms with van der Waals surface area (Å²) in [6.45, 7) is 7.42. The van der Waals surface area contributed by atoms with Crippen LogP contribution in [0.4, 0.5) is 0 Å². The molecule has 1 N–H and O–H groups in total. The lowest BCUT2D eigenvalue weighted by Crippen LogP contribution is -2.44. The molecular formula is C10H22N2OS. The second kappa shape index (κ2) is 6.30. The maximum absolute atomic E-state index is 11.5. The Morgan fingerprint density at radius 2 is 2.00 bits per heavy atom. The van der Waals surface area contributed by atoms with E-state index in [1.54, 1.807) is 16.7 Å². The average Bonchev–Trinajstić information content (AvgIpc) is 2.09. The maximum Gasteiger partial charge on any atom is 0.236 e. The van der Waals surface area contributed by atoms with Crippen molar-refractivity contribution in [3.8, 4) is 0 Å². The number of thioether (sulfide) groups is 1. The molecule has 0 bridgehead atoms. The van der Waals surface area contributed by atoms with Gasteiger partial charge in [0.05, 0.1) is 6.54 Å². The number of hydrogen-bond acceptors (Lipinski definition) is 3. The molecule has 0 spiro atoms. The molecule has 84 valence electrons. The molecule has 0 aromatic carbocycles. The van der Waals surface area contributed by atoms with Gasteiger partial charge in [-0.1, -0.05) is 0 Å². The average molecular weight is 218 g/mol. The Labute approximate surface area is 91.6 Å². The van der Waals surface area contributed by atoms with E-state index in [4.69, 9.17) is 0 Å². The molecule has 0 atom stereocenters. The number of nitrogens with zero attached hydrogens (tertiary/aromatic N) is 1. The van der Waals surface area contributed by atoms with Crippen LogP contribution in [0, 0.1) is 0 Å². The molecule has 14 heavy (non-hydrogen) atoms. The highest BCUT2D eigenvalue weighted by Crippen LogP contribution is 1.98. The molecule has 0 aliphatic heterocycles. The third-order valence-electron chi connectivity index (χ3n) is 1.83. The molecule has 0 saturated carbocycles. The van der Waals surface area contributed by atoms with Crippen molar-refractivity contribution in [2.45, 2.75) is 26.3 Å². The van der Waals surface area contributed by atoms with Crippen LogP contribution < -0.4 is 5.32 Å². The van der Waals surface area contributed by atoms with Crippen molar-refractivity contribution in [2.75, 3.05) is 32.1 Å². The Balaban J connectivity index is 3.73. The number of likely N-dealkylation sites (N-methyl/N-ethyl adjacent to an activating group) is 1. The Bertz CT molecular complexity index is 177. The summed E-state index contributed by atoms with van der Waals surface area (Å²) in [5.74, 6) is 1.16. The summed E-state index contributed by atoms with van der Waals surface area (Å²) in [6.07, 6.45) is 2.05. The zero-order valence-corrected chi connectivity index (χ0v) is 10.7. The predicted molar refractivity (Wildman–Crippen MR) is 63.8 cm³/mol. The van der Waals surface area contributed by atoms with Crippen LogP contribution >= 0.6 is 11.8 Å². The fourth-order valence-corrected chi connectivity index (χ4v) is 1.29. The van der Waals surface area contributed by atoms with Crippen LogP contribution in [0.5, 0.6) is 0 Å². The Morgan fingerprint density at radius 3 is 2.43 bits per heavy atom. The van der Waals surface area contributed by atoms with E-state index in [0.29, 0.717) is 6.54 Å². The molecule has 3 nitrogen and oxygen atoms in total. The van der Waals surface area contributed by atoms with Gasteiger partial charge in [-0.05, 0) is 27.0 Å². The largest absolute Gasteiger partial charge is 0.344 e. The molecular weight excluding hydrogens is 196 g/mol. The molecule has 0 saturated heterocycles. The van der Waals surface area contributed by atoms with Gasteiger partial charge in [0.2, 0.25) is 5.91 Å². The fourth-order valence-electron chi connectivity index (χ4n) is 0.829. The Kier molecular flexibility index (Phi) is 6.20. The molecule has 0 aliphatic carbocycles. The smallest absolute Gasteiger partial charge is 0.236 e. The summed E-state index contributed by atoms with van der Waals surface area (Å²) in [5, 5.41) is 3.18. The minimum atomic E-state index is 0.00993. The lowest BCUT2D eigenvalue weighted by Gasteiger charge is -2.23. The van der Waals surface area contributed by atoms with Gasteiger partial charge in [0, 0.05) is 24.9 Å². The monoisotopic (exact) mass is 218 g/mol. The van der Waals surface area contributed by atoms with Gasteiger partial charge in [0.15, 0.2) is 0 Å². The molecule has 4 heteroatoms. The number of amides is 1. The van der Waals surface area contributed by atoms with E-state index in [-0.39, 0.29) is 11.4 Å². The summed E-state index contributed by atoms with van der Waals surface area (Å²) in [4.78, 5) is 13.3. The predicted octanol–water partition coefficient (Wildman–Crippen LogP) is 1.20. The van der Waals surface area contributed by atoms with Crippen molar-refractivity contribution in [3.05, 3.63) is 0 Å². The number of nitrogens with one attached hydrogen (secondary N) is 1. The van der Waals surface area contributed by atoms with Crippen LogP contribution in [0.2, 0.25) is 0 Å². The van der Waals surface area contributed by atoms with Crippen molar-refractivity contribution >= 4 is 17.7 Å². The topological polar surface area (TPSA) is 32.3 Å². The summed E-state index contributed by atoms with van der Waals surface area (Å²) < 4.78 is 0. The molecule has 0 fully saturated rings. The second-order valence-electron chi connectivity index (χ2n) is 4.41. The third-order valence-corrected chi connectivity index (χ3v) is 2.42. The highest BCUT2D eigenvalue weighted by Gasteiger charge is 2.13. The first-order valence-corrected chi connectivity index (χ1v) is 6.24. The second-order valence-corrected chi connectivity index (χ2v) is 5.40. The van der Waals surface area contributed by atoms with E-state index in [2.05, 4.69) is 26.1 Å². The van der Waals surface area contributed by atoms with Gasteiger partial charge < -0.3 is 10.2 Å². The molecule has 1 amide bonds. The first-order valence-electron chi connectivity index (χ1n) is 4.85. The van der Waals surface area contributed by atoms with E-state index in [1.807, 2.05) is 13.3 Å². The molecule has 0 unspecified atom stereocenters. The van der Waals surface area contributed by atoms with Crippen LogP contribution in [0.25, 0.3) is 0 Å². The first-order chi connectivity index (χ1) is 6.37. The third kappa shape index (κ3) is 7.21. The lowest BCUT2D eigenvalue weighted by molar-refractivity contribution is -0.129. The van der Waals surface area contributed by atoms with Gasteiger partial charge in [-0.15, -0.1) is 0 Å². The zero-order chi connectivity index (χ0) is 11.2. The van der Waals surface area contributed by atoms with Crippen molar-refractivity contribution in [2.24, 2.45) is 0 Å². The van der Waals surface area contributed by atoms with Crippen molar-refractivity contribution in [1.29, 1.82) is 0 Å². The normalized spacial score (nSPS) is 11.5. The molecule has 0 heterocycles. The quantitative estimate of drug-likeness (QED) is 0.752. The summed E-state index contributed by atoms with van der Waals surface area (Å²) in [7, 11) is 1.85. The summed E-state index contributed by atoms with van der Waals surface area (Å²) in [5.41, 5.74) is 0.00993. The van der Waals surface area contributed by atoms with Crippen molar-refractivity contribution in [3.63, 3.8) is 0 Å². The summed E-state index contributed by atoms with van der Waals surface area (Å²) >= 11 is 1.76. The van der Waals surface area contributed by atoms with Gasteiger partial charge in [-0.3, -0.25) is 4.79 Å². The zero-order valence-electron chi connectivity index (χ0n) is 9.89. The molecule has 0 rings (SSSR count). The minimum Gasteiger partial charge on any atom is -0.344 e. The van der Waals surface area contributed by atoms with E-state index in [1.165, 1.54) is 0 Å². The van der Waals surface area contributed by atoms with E-state index in [9.17, 15) is 4.79 Å².